The zero-order chi connectivity index (χ0) is 17.5. The lowest BCUT2D eigenvalue weighted by Crippen LogP contribution is -2.23. The van der Waals surface area contributed by atoms with E-state index in [0.717, 1.165) is 11.1 Å². The maximum Gasteiger partial charge on any atom is 0.161 e. The quantitative estimate of drug-likeness (QED) is 0.736. The molecular weight excluding hydrogens is 349 g/mol. The molecule has 0 aliphatic rings. The van der Waals surface area contributed by atoms with Crippen molar-refractivity contribution in [2.75, 3.05) is 13.7 Å². The molecule has 0 heterocycles. The number of benzene rings is 2. The number of hydrogen-bond donors (Lipinski definition) is 2. The van der Waals surface area contributed by atoms with Crippen molar-refractivity contribution >= 4 is 23.2 Å². The molecule has 0 amide bonds. The number of hydrogen-bond acceptors (Lipinski definition) is 4. The Hall–Kier alpha value is -1.46. The number of halogens is 2. The third kappa shape index (κ3) is 5.56. The molecule has 1 unspecified atom stereocenters. The van der Waals surface area contributed by atoms with E-state index in [0.29, 0.717) is 41.2 Å². The fourth-order valence-corrected chi connectivity index (χ4v) is 2.48. The van der Waals surface area contributed by atoms with Gasteiger partial charge >= 0.3 is 0 Å². The molecule has 0 aliphatic carbocycles. The van der Waals surface area contributed by atoms with E-state index in [2.05, 4.69) is 5.32 Å². The van der Waals surface area contributed by atoms with E-state index < -0.39 is 0 Å². The molecule has 0 bridgehead atoms. The zero-order valence-electron chi connectivity index (χ0n) is 13.7. The lowest BCUT2D eigenvalue weighted by molar-refractivity contribution is 0.191. The minimum atomic E-state index is -0.374. The van der Waals surface area contributed by atoms with E-state index in [4.69, 9.17) is 32.7 Å². The summed E-state index contributed by atoms with van der Waals surface area (Å²) in [4.78, 5) is 0. The second kappa shape index (κ2) is 9.14. The summed E-state index contributed by atoms with van der Waals surface area (Å²) in [5, 5.41) is 13.5. The summed E-state index contributed by atoms with van der Waals surface area (Å²) < 4.78 is 11.2. The summed E-state index contributed by atoms with van der Waals surface area (Å²) in [7, 11) is 1.61. The van der Waals surface area contributed by atoms with Crippen LogP contribution >= 0.6 is 23.2 Å². The number of aliphatic hydroxyl groups excluding tert-OH is 1. The van der Waals surface area contributed by atoms with Gasteiger partial charge in [0.15, 0.2) is 11.5 Å². The minimum absolute atomic E-state index is 0.368. The number of aliphatic hydroxyl groups is 1. The van der Waals surface area contributed by atoms with Gasteiger partial charge in [-0.1, -0.05) is 35.3 Å². The van der Waals surface area contributed by atoms with Crippen LogP contribution in [0.2, 0.25) is 10.0 Å². The molecule has 2 N–H and O–H groups in total. The van der Waals surface area contributed by atoms with E-state index in [1.807, 2.05) is 24.3 Å². The Morgan fingerprint density at radius 2 is 1.79 bits per heavy atom. The standard InChI is InChI=1S/C18H21Cl2NO3/c1-12(22)9-21-10-13-4-6-17(18(8-13)23-2)24-11-14-3-5-15(19)16(20)7-14/h3-8,12,21-22H,9-11H2,1-2H3. The molecule has 0 saturated heterocycles. The third-order valence-electron chi connectivity index (χ3n) is 3.38. The highest BCUT2D eigenvalue weighted by atomic mass is 35.5. The second-order valence-electron chi connectivity index (χ2n) is 5.50. The third-order valence-corrected chi connectivity index (χ3v) is 4.11. The first-order valence-electron chi connectivity index (χ1n) is 7.62. The summed E-state index contributed by atoms with van der Waals surface area (Å²) in [6.45, 7) is 3.30. The zero-order valence-corrected chi connectivity index (χ0v) is 15.2. The van der Waals surface area contributed by atoms with Crippen molar-refractivity contribution in [3.05, 3.63) is 57.6 Å². The molecule has 130 valence electrons. The summed E-state index contributed by atoms with van der Waals surface area (Å²) in [5.41, 5.74) is 1.98. The van der Waals surface area contributed by atoms with Crippen LogP contribution in [0.25, 0.3) is 0 Å². The van der Waals surface area contributed by atoms with Crippen LogP contribution in [0, 0.1) is 0 Å². The van der Waals surface area contributed by atoms with Crippen LogP contribution in [-0.2, 0) is 13.2 Å². The summed E-state index contributed by atoms with van der Waals surface area (Å²) in [5.74, 6) is 1.31. The Labute approximate surface area is 152 Å². The molecule has 1 atom stereocenters. The van der Waals surface area contributed by atoms with Gasteiger partial charge in [-0.2, -0.15) is 0 Å². The predicted octanol–water partition coefficient (Wildman–Crippen LogP) is 4.05. The Morgan fingerprint density at radius 3 is 2.46 bits per heavy atom. The largest absolute Gasteiger partial charge is 0.493 e. The highest BCUT2D eigenvalue weighted by Gasteiger charge is 2.07. The van der Waals surface area contributed by atoms with Crippen molar-refractivity contribution in [2.45, 2.75) is 26.2 Å². The predicted molar refractivity (Wildman–Crippen MR) is 97.2 cm³/mol. The molecule has 0 aromatic heterocycles. The number of methoxy groups -OCH3 is 1. The normalized spacial score (nSPS) is 12.0. The van der Waals surface area contributed by atoms with Crippen molar-refractivity contribution in [3.63, 3.8) is 0 Å². The topological polar surface area (TPSA) is 50.7 Å². The summed E-state index contributed by atoms with van der Waals surface area (Å²) >= 11 is 11.9. The van der Waals surface area contributed by atoms with Crippen LogP contribution in [-0.4, -0.2) is 24.9 Å². The van der Waals surface area contributed by atoms with Gasteiger partial charge in [0.2, 0.25) is 0 Å². The van der Waals surface area contributed by atoms with E-state index in [-0.39, 0.29) is 6.10 Å². The first-order chi connectivity index (χ1) is 11.5. The van der Waals surface area contributed by atoms with Gasteiger partial charge < -0.3 is 19.9 Å². The van der Waals surface area contributed by atoms with Gasteiger partial charge in [-0.3, -0.25) is 0 Å². The fourth-order valence-electron chi connectivity index (χ4n) is 2.16. The highest BCUT2D eigenvalue weighted by molar-refractivity contribution is 6.42. The molecule has 2 aromatic carbocycles. The monoisotopic (exact) mass is 369 g/mol. The molecule has 2 rings (SSSR count). The van der Waals surface area contributed by atoms with E-state index in [9.17, 15) is 5.11 Å². The van der Waals surface area contributed by atoms with Crippen LogP contribution in [0.5, 0.6) is 11.5 Å². The lowest BCUT2D eigenvalue weighted by Gasteiger charge is -2.13. The summed E-state index contributed by atoms with van der Waals surface area (Å²) in [6, 6.07) is 11.1. The smallest absolute Gasteiger partial charge is 0.161 e. The van der Waals surface area contributed by atoms with Gasteiger partial charge in [0.05, 0.1) is 23.3 Å². The van der Waals surface area contributed by atoms with Crippen LogP contribution < -0.4 is 14.8 Å². The van der Waals surface area contributed by atoms with Crippen molar-refractivity contribution in [2.24, 2.45) is 0 Å². The molecule has 6 heteroatoms. The number of rotatable bonds is 8. The van der Waals surface area contributed by atoms with Gasteiger partial charge in [-0.15, -0.1) is 0 Å². The van der Waals surface area contributed by atoms with Crippen LogP contribution in [0.15, 0.2) is 36.4 Å². The molecule has 0 saturated carbocycles. The van der Waals surface area contributed by atoms with Crippen molar-refractivity contribution in [3.8, 4) is 11.5 Å². The minimum Gasteiger partial charge on any atom is -0.493 e. The van der Waals surface area contributed by atoms with Gasteiger partial charge in [0, 0.05) is 13.1 Å². The van der Waals surface area contributed by atoms with Crippen molar-refractivity contribution in [1.82, 2.24) is 5.32 Å². The van der Waals surface area contributed by atoms with E-state index in [1.54, 1.807) is 26.2 Å². The Balaban J connectivity index is 2.00. The van der Waals surface area contributed by atoms with Crippen LogP contribution in [0.3, 0.4) is 0 Å². The Kier molecular flexibility index (Phi) is 7.18. The average Bonchev–Trinajstić information content (AvgIpc) is 2.56. The molecule has 0 fully saturated rings. The van der Waals surface area contributed by atoms with Crippen LogP contribution in [0.1, 0.15) is 18.1 Å². The van der Waals surface area contributed by atoms with E-state index >= 15 is 0 Å². The fraction of sp³-hybridized carbons (Fsp3) is 0.333. The van der Waals surface area contributed by atoms with E-state index in [1.165, 1.54) is 0 Å². The Morgan fingerprint density at radius 1 is 1.04 bits per heavy atom. The molecular formula is C18H21Cl2NO3. The van der Waals surface area contributed by atoms with Gasteiger partial charge in [0.1, 0.15) is 6.61 Å². The van der Waals surface area contributed by atoms with Crippen molar-refractivity contribution in [1.29, 1.82) is 0 Å². The molecule has 4 nitrogen and oxygen atoms in total. The van der Waals surface area contributed by atoms with Crippen molar-refractivity contribution < 1.29 is 14.6 Å². The maximum atomic E-state index is 9.27. The van der Waals surface area contributed by atoms with Gasteiger partial charge in [-0.05, 0) is 42.3 Å². The number of nitrogens with one attached hydrogen (secondary N) is 1. The molecule has 2 aromatic rings. The van der Waals surface area contributed by atoms with Gasteiger partial charge in [-0.25, -0.2) is 0 Å². The first kappa shape index (κ1) is 18.9. The molecule has 24 heavy (non-hydrogen) atoms. The van der Waals surface area contributed by atoms with Crippen LogP contribution in [0.4, 0.5) is 0 Å². The Bertz CT molecular complexity index is 677. The summed E-state index contributed by atoms with van der Waals surface area (Å²) in [6.07, 6.45) is -0.374. The van der Waals surface area contributed by atoms with Gasteiger partial charge in [0.25, 0.3) is 0 Å². The highest BCUT2D eigenvalue weighted by Crippen LogP contribution is 2.29. The molecule has 0 aliphatic heterocycles. The lowest BCUT2D eigenvalue weighted by atomic mass is 10.2. The average molecular weight is 370 g/mol. The number of ether oxygens (including phenoxy) is 2. The molecule has 0 spiro atoms. The first-order valence-corrected chi connectivity index (χ1v) is 8.37. The second-order valence-corrected chi connectivity index (χ2v) is 6.32. The maximum absolute atomic E-state index is 9.27. The SMILES string of the molecule is COc1cc(CNCC(C)O)ccc1OCc1ccc(Cl)c(Cl)c1. The molecule has 0 radical (unpaired) electrons.